The maximum atomic E-state index is 13.9. The lowest BCUT2D eigenvalue weighted by molar-refractivity contribution is 0.628. The Morgan fingerprint density at radius 1 is 1.11 bits per heavy atom. The number of fused-ring (bicyclic) bond motifs is 2. The normalized spacial score (nSPS) is 14.3. The Kier molecular flexibility index (Phi) is 6.00. The van der Waals surface area contributed by atoms with Crippen LogP contribution in [0.2, 0.25) is 0 Å². The van der Waals surface area contributed by atoms with Gasteiger partial charge in [0.2, 0.25) is 0 Å². The number of H-pyrrole nitrogens is 2. The molecule has 3 heterocycles. The standard InChI is InChI=1S/C32H28FN5/c1-4-20(16-25(5-2)35-19(3)21-9-10-21)22-11-12-29-28(17-22)31(38-37-29)30-18-27-26(13-14-34-32(27)36-30)23-7-6-8-24(33)15-23/h4-8,11-18,21,35H,2-3,9-10H2,1H3,(H,34,36)(H,37,38)/b20-4+,25-16+. The monoisotopic (exact) mass is 501 g/mol. The Hall–Kier alpha value is -4.71. The Morgan fingerprint density at radius 2 is 1.97 bits per heavy atom. The largest absolute Gasteiger partial charge is 0.359 e. The zero-order valence-electron chi connectivity index (χ0n) is 21.2. The Balaban J connectivity index is 1.39. The number of pyridine rings is 1. The molecule has 3 N–H and O–H groups in total. The van der Waals surface area contributed by atoms with Crippen molar-refractivity contribution in [3.63, 3.8) is 0 Å². The number of aromatic amines is 2. The van der Waals surface area contributed by atoms with Crippen molar-refractivity contribution >= 4 is 27.5 Å². The van der Waals surface area contributed by atoms with Crippen LogP contribution in [0.1, 0.15) is 25.3 Å². The van der Waals surface area contributed by atoms with Crippen molar-refractivity contribution in [2.45, 2.75) is 19.8 Å². The molecule has 0 radical (unpaired) electrons. The molecule has 5 nitrogen and oxygen atoms in total. The van der Waals surface area contributed by atoms with E-state index >= 15 is 0 Å². The minimum Gasteiger partial charge on any atom is -0.359 e. The molecule has 6 rings (SSSR count). The molecule has 0 amide bonds. The molecule has 188 valence electrons. The van der Waals surface area contributed by atoms with Crippen LogP contribution < -0.4 is 5.32 Å². The number of aromatic nitrogens is 4. The van der Waals surface area contributed by atoms with Crippen LogP contribution in [0.5, 0.6) is 0 Å². The van der Waals surface area contributed by atoms with E-state index in [1.54, 1.807) is 12.3 Å². The first-order valence-corrected chi connectivity index (χ1v) is 12.7. The first kappa shape index (κ1) is 23.7. The molecule has 6 heteroatoms. The Morgan fingerprint density at radius 3 is 2.74 bits per heavy atom. The molecule has 1 fully saturated rings. The van der Waals surface area contributed by atoms with Gasteiger partial charge < -0.3 is 10.3 Å². The summed E-state index contributed by atoms with van der Waals surface area (Å²) in [5.74, 6) is 0.291. The van der Waals surface area contributed by atoms with Crippen LogP contribution >= 0.6 is 0 Å². The molecule has 0 atom stereocenters. The summed E-state index contributed by atoms with van der Waals surface area (Å²) in [4.78, 5) is 7.92. The first-order valence-electron chi connectivity index (χ1n) is 12.7. The quantitative estimate of drug-likeness (QED) is 0.189. The molecule has 0 unspecified atom stereocenters. The second-order valence-corrected chi connectivity index (χ2v) is 9.62. The Bertz CT molecular complexity index is 1760. The van der Waals surface area contributed by atoms with E-state index in [0.717, 1.165) is 67.0 Å². The fourth-order valence-electron chi connectivity index (χ4n) is 4.83. The summed E-state index contributed by atoms with van der Waals surface area (Å²) in [5, 5.41) is 13.1. The summed E-state index contributed by atoms with van der Waals surface area (Å²) < 4.78 is 13.9. The number of benzene rings is 2. The van der Waals surface area contributed by atoms with E-state index in [4.69, 9.17) is 0 Å². The number of nitrogens with one attached hydrogen (secondary N) is 3. The lowest BCUT2D eigenvalue weighted by Gasteiger charge is -2.11. The summed E-state index contributed by atoms with van der Waals surface area (Å²) in [7, 11) is 0. The van der Waals surface area contributed by atoms with Crippen LogP contribution in [0.4, 0.5) is 4.39 Å². The average Bonchev–Trinajstić information content (AvgIpc) is 3.56. The van der Waals surface area contributed by atoms with Gasteiger partial charge in [-0.05, 0) is 96.5 Å². The number of nitrogens with zero attached hydrogens (tertiary/aromatic N) is 2. The van der Waals surface area contributed by atoms with Gasteiger partial charge in [-0.1, -0.05) is 37.4 Å². The second-order valence-electron chi connectivity index (χ2n) is 9.62. The van der Waals surface area contributed by atoms with Crippen LogP contribution in [0.15, 0.2) is 104 Å². The Labute approximate surface area is 220 Å². The van der Waals surface area contributed by atoms with Crippen molar-refractivity contribution in [3.8, 4) is 22.5 Å². The van der Waals surface area contributed by atoms with Crippen molar-refractivity contribution in [3.05, 3.63) is 115 Å². The predicted octanol–water partition coefficient (Wildman–Crippen LogP) is 7.90. The smallest absolute Gasteiger partial charge is 0.138 e. The highest BCUT2D eigenvalue weighted by atomic mass is 19.1. The maximum Gasteiger partial charge on any atom is 0.138 e. The van der Waals surface area contributed by atoms with Crippen molar-refractivity contribution in [2.24, 2.45) is 5.92 Å². The maximum absolute atomic E-state index is 13.9. The van der Waals surface area contributed by atoms with E-state index in [0.29, 0.717) is 5.92 Å². The summed E-state index contributed by atoms with van der Waals surface area (Å²) >= 11 is 0. The van der Waals surface area contributed by atoms with E-state index in [1.807, 2.05) is 37.3 Å². The molecule has 0 spiro atoms. The second kappa shape index (κ2) is 9.63. The topological polar surface area (TPSA) is 69.4 Å². The average molecular weight is 502 g/mol. The summed E-state index contributed by atoms with van der Waals surface area (Å²) in [5.41, 5.74) is 9.12. The number of halogens is 1. The van der Waals surface area contributed by atoms with Gasteiger partial charge in [-0.15, -0.1) is 0 Å². The number of hydrogen-bond donors (Lipinski definition) is 3. The van der Waals surface area contributed by atoms with E-state index in [2.05, 4.69) is 62.9 Å². The van der Waals surface area contributed by atoms with E-state index < -0.39 is 0 Å². The lowest BCUT2D eigenvalue weighted by Crippen LogP contribution is -2.11. The molecule has 0 saturated heterocycles. The van der Waals surface area contributed by atoms with Gasteiger partial charge in [0.1, 0.15) is 17.2 Å². The lowest BCUT2D eigenvalue weighted by atomic mass is 10.0. The van der Waals surface area contributed by atoms with Crippen molar-refractivity contribution in [1.29, 1.82) is 0 Å². The molecular formula is C32H28FN5. The highest BCUT2D eigenvalue weighted by Gasteiger charge is 2.24. The molecule has 38 heavy (non-hydrogen) atoms. The van der Waals surface area contributed by atoms with Crippen LogP contribution in [-0.4, -0.2) is 20.2 Å². The van der Waals surface area contributed by atoms with Gasteiger partial charge in [-0.2, -0.15) is 5.10 Å². The minimum absolute atomic E-state index is 0.269. The molecule has 5 aromatic rings. The predicted molar refractivity (Wildman–Crippen MR) is 154 cm³/mol. The fraction of sp³-hybridized carbons (Fsp3) is 0.125. The summed E-state index contributed by atoms with van der Waals surface area (Å²) in [6.07, 6.45) is 10.1. The van der Waals surface area contributed by atoms with E-state index in [1.165, 1.54) is 25.0 Å². The fourth-order valence-corrected chi connectivity index (χ4v) is 4.83. The molecule has 3 aromatic heterocycles. The highest BCUT2D eigenvalue weighted by molar-refractivity contribution is 6.00. The van der Waals surface area contributed by atoms with E-state index in [-0.39, 0.29) is 5.82 Å². The van der Waals surface area contributed by atoms with Gasteiger partial charge in [0.15, 0.2) is 0 Å². The van der Waals surface area contributed by atoms with Gasteiger partial charge in [-0.25, -0.2) is 9.37 Å². The SMILES string of the molecule is C=C/C(=C\C(=C/C)c1ccc2[nH]nc(-c3cc4c(-c5cccc(F)c5)ccnc4[nH]3)c2c1)NC(=C)C1CC1. The van der Waals surface area contributed by atoms with Gasteiger partial charge >= 0.3 is 0 Å². The van der Waals surface area contributed by atoms with Gasteiger partial charge in [0.25, 0.3) is 0 Å². The van der Waals surface area contributed by atoms with Crippen LogP contribution in [0.25, 0.3) is 50.0 Å². The first-order chi connectivity index (χ1) is 18.5. The molecule has 0 bridgehead atoms. The molecular weight excluding hydrogens is 473 g/mol. The van der Waals surface area contributed by atoms with Crippen molar-refractivity contribution in [2.75, 3.05) is 0 Å². The number of allylic oxidation sites excluding steroid dienone is 5. The van der Waals surface area contributed by atoms with E-state index in [9.17, 15) is 4.39 Å². The molecule has 1 aliphatic carbocycles. The highest BCUT2D eigenvalue weighted by Crippen LogP contribution is 2.36. The zero-order valence-corrected chi connectivity index (χ0v) is 21.2. The number of rotatable bonds is 8. The molecule has 1 saturated carbocycles. The van der Waals surface area contributed by atoms with Crippen LogP contribution in [-0.2, 0) is 0 Å². The van der Waals surface area contributed by atoms with Gasteiger partial charge in [-0.3, -0.25) is 5.10 Å². The number of hydrogen-bond acceptors (Lipinski definition) is 3. The molecule has 1 aliphatic rings. The third-order valence-corrected chi connectivity index (χ3v) is 7.04. The van der Waals surface area contributed by atoms with Gasteiger partial charge in [0, 0.05) is 28.4 Å². The zero-order chi connectivity index (χ0) is 26.2. The third kappa shape index (κ3) is 4.45. The van der Waals surface area contributed by atoms with Crippen molar-refractivity contribution in [1.82, 2.24) is 25.5 Å². The summed E-state index contributed by atoms with van der Waals surface area (Å²) in [6.45, 7) is 10.2. The molecule has 2 aromatic carbocycles. The minimum atomic E-state index is -0.269. The molecule has 0 aliphatic heterocycles. The summed E-state index contributed by atoms with van der Waals surface area (Å²) in [6, 6.07) is 16.8. The van der Waals surface area contributed by atoms with Crippen molar-refractivity contribution < 1.29 is 4.39 Å². The van der Waals surface area contributed by atoms with Gasteiger partial charge in [0.05, 0.1) is 11.2 Å². The third-order valence-electron chi connectivity index (χ3n) is 7.04. The van der Waals surface area contributed by atoms with Crippen LogP contribution in [0.3, 0.4) is 0 Å². The van der Waals surface area contributed by atoms with Crippen LogP contribution in [0, 0.1) is 11.7 Å².